The molecule has 3 aromatic rings. The predicted octanol–water partition coefficient (Wildman–Crippen LogP) is 1.68. The summed E-state index contributed by atoms with van der Waals surface area (Å²) in [6.07, 6.45) is 0. The van der Waals surface area contributed by atoms with Gasteiger partial charge in [-0.25, -0.2) is 4.79 Å². The standard InChI is InChI=1S/C19H17N3O6/c1-2-28-17(23)12-20-16-6-4-3-5-15(16)18(24)21(19(20)25)11-13-7-9-14(10-8-13)22(26)27/h3-10H,2,11-12H2,1H3. The van der Waals surface area contributed by atoms with Gasteiger partial charge in [0, 0.05) is 12.1 Å². The average molecular weight is 383 g/mol. The van der Waals surface area contributed by atoms with E-state index in [9.17, 15) is 24.5 Å². The van der Waals surface area contributed by atoms with Crippen molar-refractivity contribution in [3.05, 3.63) is 85.0 Å². The molecule has 0 amide bonds. The zero-order chi connectivity index (χ0) is 20.3. The minimum atomic E-state index is -0.657. The first-order chi connectivity index (χ1) is 13.4. The SMILES string of the molecule is CCOC(=O)Cn1c(=O)n(Cc2ccc([N+](=O)[O-])cc2)c(=O)c2ccccc21. The Hall–Kier alpha value is -3.75. The van der Waals surface area contributed by atoms with E-state index in [2.05, 4.69) is 0 Å². The summed E-state index contributed by atoms with van der Waals surface area (Å²) in [6, 6.07) is 12.1. The number of hydrogen-bond acceptors (Lipinski definition) is 6. The molecule has 9 heteroatoms. The number of esters is 1. The Morgan fingerprint density at radius 3 is 2.39 bits per heavy atom. The molecule has 1 aromatic heterocycles. The number of ether oxygens (including phenoxy) is 1. The first kappa shape index (κ1) is 19.0. The van der Waals surface area contributed by atoms with E-state index >= 15 is 0 Å². The highest BCUT2D eigenvalue weighted by molar-refractivity contribution is 5.80. The number of carbonyl (C=O) groups excluding carboxylic acids is 1. The summed E-state index contributed by atoms with van der Waals surface area (Å²) in [4.78, 5) is 47.9. The molecule has 0 bridgehead atoms. The van der Waals surface area contributed by atoms with Crippen LogP contribution >= 0.6 is 0 Å². The van der Waals surface area contributed by atoms with E-state index in [1.54, 1.807) is 31.2 Å². The molecule has 28 heavy (non-hydrogen) atoms. The topological polar surface area (TPSA) is 113 Å². The van der Waals surface area contributed by atoms with Crippen molar-refractivity contribution in [1.29, 1.82) is 0 Å². The molecule has 0 aliphatic rings. The molecule has 0 N–H and O–H groups in total. The summed E-state index contributed by atoms with van der Waals surface area (Å²) >= 11 is 0. The van der Waals surface area contributed by atoms with E-state index in [1.165, 1.54) is 28.8 Å². The lowest BCUT2D eigenvalue weighted by atomic mass is 10.2. The molecule has 2 aromatic carbocycles. The third-order valence-electron chi connectivity index (χ3n) is 4.21. The van der Waals surface area contributed by atoms with Crippen LogP contribution in [0.3, 0.4) is 0 Å². The van der Waals surface area contributed by atoms with Crippen LogP contribution < -0.4 is 11.2 Å². The second kappa shape index (κ2) is 7.87. The molecule has 0 fully saturated rings. The van der Waals surface area contributed by atoms with Gasteiger partial charge in [-0.2, -0.15) is 0 Å². The first-order valence-electron chi connectivity index (χ1n) is 8.53. The van der Waals surface area contributed by atoms with Crippen molar-refractivity contribution in [3.8, 4) is 0 Å². The van der Waals surface area contributed by atoms with Gasteiger partial charge in [0.1, 0.15) is 6.54 Å². The largest absolute Gasteiger partial charge is 0.465 e. The van der Waals surface area contributed by atoms with Crippen LogP contribution in [0.15, 0.2) is 58.1 Å². The number of nitro groups is 1. The van der Waals surface area contributed by atoms with Crippen LogP contribution in [-0.2, 0) is 22.6 Å². The Balaban J connectivity index is 2.11. The van der Waals surface area contributed by atoms with E-state index in [1.807, 2.05) is 0 Å². The monoisotopic (exact) mass is 383 g/mol. The lowest BCUT2D eigenvalue weighted by Gasteiger charge is -2.13. The molecule has 0 saturated carbocycles. The summed E-state index contributed by atoms with van der Waals surface area (Å²) < 4.78 is 7.12. The van der Waals surface area contributed by atoms with Gasteiger partial charge in [0.05, 0.1) is 29.0 Å². The van der Waals surface area contributed by atoms with E-state index in [4.69, 9.17) is 4.74 Å². The molecule has 9 nitrogen and oxygen atoms in total. The highest BCUT2D eigenvalue weighted by Crippen LogP contribution is 2.13. The van der Waals surface area contributed by atoms with E-state index < -0.39 is 22.1 Å². The van der Waals surface area contributed by atoms with Crippen LogP contribution in [0.25, 0.3) is 10.9 Å². The van der Waals surface area contributed by atoms with Gasteiger partial charge in [-0.15, -0.1) is 0 Å². The Morgan fingerprint density at radius 1 is 1.07 bits per heavy atom. The van der Waals surface area contributed by atoms with E-state index in [0.717, 1.165) is 4.57 Å². The fourth-order valence-corrected chi connectivity index (χ4v) is 2.90. The maximum atomic E-state index is 12.9. The van der Waals surface area contributed by atoms with Crippen molar-refractivity contribution in [1.82, 2.24) is 9.13 Å². The summed E-state index contributed by atoms with van der Waals surface area (Å²) in [5.41, 5.74) is -0.364. The highest BCUT2D eigenvalue weighted by Gasteiger charge is 2.16. The Morgan fingerprint density at radius 2 is 1.75 bits per heavy atom. The van der Waals surface area contributed by atoms with Crippen LogP contribution in [-0.4, -0.2) is 26.6 Å². The number of nitro benzene ring substituents is 1. The zero-order valence-corrected chi connectivity index (χ0v) is 15.0. The Kier molecular flexibility index (Phi) is 5.35. The second-order valence-electron chi connectivity index (χ2n) is 6.01. The first-order valence-corrected chi connectivity index (χ1v) is 8.53. The van der Waals surface area contributed by atoms with Gasteiger partial charge < -0.3 is 4.74 Å². The third kappa shape index (κ3) is 3.68. The minimum Gasteiger partial charge on any atom is -0.465 e. The minimum absolute atomic E-state index is 0.0800. The van der Waals surface area contributed by atoms with Crippen LogP contribution in [0, 0.1) is 10.1 Å². The number of rotatable bonds is 6. The number of carbonyl (C=O) groups is 1. The second-order valence-corrected chi connectivity index (χ2v) is 6.01. The Labute approximate surface area is 158 Å². The normalized spacial score (nSPS) is 10.8. The fraction of sp³-hybridized carbons (Fsp3) is 0.211. The number of non-ortho nitro benzene ring substituents is 1. The fourth-order valence-electron chi connectivity index (χ4n) is 2.90. The van der Waals surface area contributed by atoms with Gasteiger partial charge >= 0.3 is 11.7 Å². The van der Waals surface area contributed by atoms with Crippen molar-refractivity contribution in [2.24, 2.45) is 0 Å². The van der Waals surface area contributed by atoms with Gasteiger partial charge in [0.2, 0.25) is 0 Å². The molecular formula is C19H17N3O6. The molecule has 144 valence electrons. The van der Waals surface area contributed by atoms with Gasteiger partial charge in [0.25, 0.3) is 11.2 Å². The van der Waals surface area contributed by atoms with Crippen molar-refractivity contribution in [3.63, 3.8) is 0 Å². The lowest BCUT2D eigenvalue weighted by molar-refractivity contribution is -0.384. The van der Waals surface area contributed by atoms with Gasteiger partial charge in [-0.1, -0.05) is 24.3 Å². The molecule has 1 heterocycles. The molecule has 0 aliphatic carbocycles. The number of benzene rings is 2. The molecule has 0 aliphatic heterocycles. The molecule has 0 radical (unpaired) electrons. The van der Waals surface area contributed by atoms with Crippen LogP contribution in [0.5, 0.6) is 0 Å². The lowest BCUT2D eigenvalue weighted by Crippen LogP contribution is -2.41. The average Bonchev–Trinajstić information content (AvgIpc) is 2.69. The molecule has 0 saturated heterocycles. The molecule has 0 unspecified atom stereocenters. The van der Waals surface area contributed by atoms with Crippen LogP contribution in [0.1, 0.15) is 12.5 Å². The number of fused-ring (bicyclic) bond motifs is 1. The van der Waals surface area contributed by atoms with Crippen molar-refractivity contribution >= 4 is 22.6 Å². The molecule has 0 atom stereocenters. The van der Waals surface area contributed by atoms with Crippen molar-refractivity contribution in [2.45, 2.75) is 20.0 Å². The predicted molar refractivity (Wildman–Crippen MR) is 101 cm³/mol. The van der Waals surface area contributed by atoms with Gasteiger partial charge in [-0.3, -0.25) is 28.8 Å². The number of para-hydroxylation sites is 1. The number of aromatic nitrogens is 2. The van der Waals surface area contributed by atoms with Crippen LogP contribution in [0.2, 0.25) is 0 Å². The quantitative estimate of drug-likeness (QED) is 0.364. The number of hydrogen-bond donors (Lipinski definition) is 0. The summed E-state index contributed by atoms with van der Waals surface area (Å²) in [6.45, 7) is 1.43. The Bertz CT molecular complexity index is 1160. The summed E-state index contributed by atoms with van der Waals surface area (Å²) in [5, 5.41) is 11.1. The molecule has 3 rings (SSSR count). The van der Waals surface area contributed by atoms with E-state index in [0.29, 0.717) is 11.1 Å². The van der Waals surface area contributed by atoms with E-state index in [-0.39, 0.29) is 30.8 Å². The maximum Gasteiger partial charge on any atom is 0.332 e. The summed E-state index contributed by atoms with van der Waals surface area (Å²) in [5.74, 6) is -0.588. The molecule has 0 spiro atoms. The van der Waals surface area contributed by atoms with Gasteiger partial charge in [-0.05, 0) is 24.6 Å². The van der Waals surface area contributed by atoms with Gasteiger partial charge in [0.15, 0.2) is 0 Å². The van der Waals surface area contributed by atoms with Crippen LogP contribution in [0.4, 0.5) is 5.69 Å². The van der Waals surface area contributed by atoms with Crippen molar-refractivity contribution < 1.29 is 14.5 Å². The summed E-state index contributed by atoms with van der Waals surface area (Å²) in [7, 11) is 0. The molecular weight excluding hydrogens is 366 g/mol. The smallest absolute Gasteiger partial charge is 0.332 e. The van der Waals surface area contributed by atoms with Crippen molar-refractivity contribution in [2.75, 3.05) is 6.61 Å². The zero-order valence-electron chi connectivity index (χ0n) is 15.0. The highest BCUT2D eigenvalue weighted by atomic mass is 16.6. The third-order valence-corrected chi connectivity index (χ3v) is 4.21. The number of nitrogens with zero attached hydrogens (tertiary/aromatic N) is 3. The maximum absolute atomic E-state index is 12.9.